The Bertz CT molecular complexity index is 1010. The molecule has 0 unspecified atom stereocenters. The minimum absolute atomic E-state index is 0.0168. The molecule has 0 atom stereocenters. The zero-order valence-electron chi connectivity index (χ0n) is 14.9. The monoisotopic (exact) mass is 362 g/mol. The van der Waals surface area contributed by atoms with Crippen molar-refractivity contribution in [1.29, 1.82) is 0 Å². The molecule has 3 aromatic carbocycles. The number of hydrogen-bond acceptors (Lipinski definition) is 5. The van der Waals surface area contributed by atoms with Crippen molar-refractivity contribution in [2.24, 2.45) is 0 Å². The van der Waals surface area contributed by atoms with Crippen molar-refractivity contribution in [3.63, 3.8) is 0 Å². The normalized spacial score (nSPS) is 10.3. The summed E-state index contributed by atoms with van der Waals surface area (Å²) in [6, 6.07) is 18.0. The van der Waals surface area contributed by atoms with Crippen LogP contribution in [0.15, 0.2) is 66.7 Å². The van der Waals surface area contributed by atoms with Gasteiger partial charge >= 0.3 is 11.9 Å². The summed E-state index contributed by atoms with van der Waals surface area (Å²) in [6.07, 6.45) is 0. The van der Waals surface area contributed by atoms with Crippen molar-refractivity contribution >= 4 is 11.9 Å². The van der Waals surface area contributed by atoms with E-state index < -0.39 is 11.9 Å². The number of carbonyl (C=O) groups excluding carboxylic acids is 2. The van der Waals surface area contributed by atoms with Gasteiger partial charge in [-0.15, -0.1) is 0 Å². The second-order valence-electron chi connectivity index (χ2n) is 6.15. The van der Waals surface area contributed by atoms with E-state index in [1.54, 1.807) is 36.4 Å². The average Bonchev–Trinajstić information content (AvgIpc) is 2.64. The number of esters is 2. The predicted molar refractivity (Wildman–Crippen MR) is 100 cm³/mol. The number of aryl methyl sites for hydroxylation is 2. The molecule has 0 radical (unpaired) electrons. The number of rotatable bonds is 4. The van der Waals surface area contributed by atoms with Gasteiger partial charge in [0.15, 0.2) is 11.5 Å². The molecule has 5 nitrogen and oxygen atoms in total. The third-order valence-electron chi connectivity index (χ3n) is 3.85. The molecule has 0 aliphatic carbocycles. The van der Waals surface area contributed by atoms with Gasteiger partial charge in [-0.3, -0.25) is 0 Å². The van der Waals surface area contributed by atoms with Crippen LogP contribution < -0.4 is 9.47 Å². The Hall–Kier alpha value is -3.60. The Morgan fingerprint density at radius 1 is 0.741 bits per heavy atom. The number of hydrogen-bond donors (Lipinski definition) is 1. The van der Waals surface area contributed by atoms with Crippen molar-refractivity contribution in [2.45, 2.75) is 13.8 Å². The molecule has 5 heteroatoms. The molecule has 3 aromatic rings. The highest BCUT2D eigenvalue weighted by Crippen LogP contribution is 2.31. The van der Waals surface area contributed by atoms with Gasteiger partial charge in [0.25, 0.3) is 0 Å². The highest BCUT2D eigenvalue weighted by atomic mass is 16.5. The molecular weight excluding hydrogens is 344 g/mol. The number of ether oxygens (including phenoxy) is 2. The molecule has 3 rings (SSSR count). The fourth-order valence-corrected chi connectivity index (χ4v) is 2.52. The second-order valence-corrected chi connectivity index (χ2v) is 6.15. The Morgan fingerprint density at radius 3 is 1.81 bits per heavy atom. The van der Waals surface area contributed by atoms with Gasteiger partial charge in [0.2, 0.25) is 0 Å². The van der Waals surface area contributed by atoms with E-state index in [4.69, 9.17) is 9.47 Å². The minimum atomic E-state index is -0.585. The van der Waals surface area contributed by atoms with Crippen molar-refractivity contribution in [3.05, 3.63) is 89.0 Å². The van der Waals surface area contributed by atoms with E-state index in [1.807, 2.05) is 26.0 Å². The zero-order chi connectivity index (χ0) is 19.4. The SMILES string of the molecule is Cc1cccc(C(=O)Oc2ccc(OC(=O)c3cccc(C)c3)c(O)c2)c1. The molecule has 0 saturated heterocycles. The van der Waals surface area contributed by atoms with E-state index >= 15 is 0 Å². The quantitative estimate of drug-likeness (QED) is 0.548. The minimum Gasteiger partial charge on any atom is -0.504 e. The van der Waals surface area contributed by atoms with Crippen LogP contribution in [0.1, 0.15) is 31.8 Å². The fourth-order valence-electron chi connectivity index (χ4n) is 2.52. The number of benzene rings is 3. The van der Waals surface area contributed by atoms with E-state index in [1.165, 1.54) is 18.2 Å². The van der Waals surface area contributed by atoms with Gasteiger partial charge < -0.3 is 14.6 Å². The van der Waals surface area contributed by atoms with Gasteiger partial charge in [0, 0.05) is 6.07 Å². The van der Waals surface area contributed by atoms with Crippen LogP contribution >= 0.6 is 0 Å². The summed E-state index contributed by atoms with van der Waals surface area (Å²) in [6.45, 7) is 3.74. The smallest absolute Gasteiger partial charge is 0.343 e. The third kappa shape index (κ3) is 4.52. The summed E-state index contributed by atoms with van der Waals surface area (Å²) in [5, 5.41) is 10.1. The zero-order valence-corrected chi connectivity index (χ0v) is 14.9. The predicted octanol–water partition coefficient (Wildman–Crippen LogP) is 4.45. The van der Waals surface area contributed by atoms with Crippen LogP contribution in [0.4, 0.5) is 0 Å². The van der Waals surface area contributed by atoms with E-state index in [2.05, 4.69) is 0 Å². The van der Waals surface area contributed by atoms with E-state index in [9.17, 15) is 14.7 Å². The first-order valence-corrected chi connectivity index (χ1v) is 8.33. The summed E-state index contributed by atoms with van der Waals surface area (Å²) in [7, 11) is 0. The highest BCUT2D eigenvalue weighted by Gasteiger charge is 2.14. The molecular formula is C22H18O5. The van der Waals surface area contributed by atoms with E-state index in [0.29, 0.717) is 11.1 Å². The molecule has 27 heavy (non-hydrogen) atoms. The molecule has 0 heterocycles. The van der Waals surface area contributed by atoms with Crippen LogP contribution in [0.3, 0.4) is 0 Å². The van der Waals surface area contributed by atoms with Crippen LogP contribution in [0.2, 0.25) is 0 Å². The molecule has 0 amide bonds. The standard InChI is InChI=1S/C22H18O5/c1-14-5-3-7-16(11-14)21(24)26-18-9-10-20(19(23)13-18)27-22(25)17-8-4-6-15(2)12-17/h3-13,23H,1-2H3. The van der Waals surface area contributed by atoms with Crippen LogP contribution in [0.5, 0.6) is 17.2 Å². The Balaban J connectivity index is 1.72. The molecule has 0 fully saturated rings. The van der Waals surface area contributed by atoms with Crippen molar-refractivity contribution in [3.8, 4) is 17.2 Å². The summed E-state index contributed by atoms with van der Waals surface area (Å²) < 4.78 is 10.5. The molecule has 0 aromatic heterocycles. The first-order valence-electron chi connectivity index (χ1n) is 8.33. The molecule has 1 N–H and O–H groups in total. The van der Waals surface area contributed by atoms with Crippen molar-refractivity contribution in [2.75, 3.05) is 0 Å². The average molecular weight is 362 g/mol. The van der Waals surface area contributed by atoms with Crippen LogP contribution in [0.25, 0.3) is 0 Å². The summed E-state index contributed by atoms with van der Waals surface area (Å²) in [4.78, 5) is 24.3. The van der Waals surface area contributed by atoms with Gasteiger partial charge in [0.05, 0.1) is 11.1 Å². The van der Waals surface area contributed by atoms with Gasteiger partial charge in [-0.05, 0) is 50.2 Å². The second kappa shape index (κ2) is 7.74. The lowest BCUT2D eigenvalue weighted by atomic mass is 10.1. The summed E-state index contributed by atoms with van der Waals surface area (Å²) in [5.41, 5.74) is 2.64. The maximum absolute atomic E-state index is 12.2. The topological polar surface area (TPSA) is 72.8 Å². The first kappa shape index (κ1) is 18.2. The fraction of sp³-hybridized carbons (Fsp3) is 0.0909. The largest absolute Gasteiger partial charge is 0.504 e. The van der Waals surface area contributed by atoms with Crippen molar-refractivity contribution < 1.29 is 24.2 Å². The van der Waals surface area contributed by atoms with Crippen LogP contribution in [0, 0.1) is 13.8 Å². The molecule has 136 valence electrons. The van der Waals surface area contributed by atoms with Gasteiger partial charge in [-0.2, -0.15) is 0 Å². The number of aromatic hydroxyl groups is 1. The number of carbonyl (C=O) groups is 2. The maximum Gasteiger partial charge on any atom is 0.343 e. The van der Waals surface area contributed by atoms with Crippen molar-refractivity contribution in [1.82, 2.24) is 0 Å². The van der Waals surface area contributed by atoms with E-state index in [0.717, 1.165) is 11.1 Å². The molecule has 0 bridgehead atoms. The van der Waals surface area contributed by atoms with E-state index in [-0.39, 0.29) is 17.2 Å². The van der Waals surface area contributed by atoms with Crippen LogP contribution in [-0.2, 0) is 0 Å². The first-order chi connectivity index (χ1) is 12.9. The van der Waals surface area contributed by atoms with Crippen LogP contribution in [-0.4, -0.2) is 17.0 Å². The number of phenols is 1. The lowest BCUT2D eigenvalue weighted by molar-refractivity contribution is 0.0715. The molecule has 0 aliphatic rings. The number of phenolic OH excluding ortho intramolecular Hbond substituents is 1. The summed E-state index contributed by atoms with van der Waals surface area (Å²) in [5.74, 6) is -1.29. The molecule has 0 saturated carbocycles. The Kier molecular flexibility index (Phi) is 5.22. The third-order valence-corrected chi connectivity index (χ3v) is 3.85. The summed E-state index contributed by atoms with van der Waals surface area (Å²) >= 11 is 0. The molecule has 0 aliphatic heterocycles. The Morgan fingerprint density at radius 2 is 1.30 bits per heavy atom. The van der Waals surface area contributed by atoms with Gasteiger partial charge in [0.1, 0.15) is 5.75 Å². The molecule has 0 spiro atoms. The lowest BCUT2D eigenvalue weighted by Crippen LogP contribution is -2.10. The Labute approximate surface area is 156 Å². The lowest BCUT2D eigenvalue weighted by Gasteiger charge is -2.09. The van der Waals surface area contributed by atoms with Gasteiger partial charge in [-0.1, -0.05) is 35.4 Å². The van der Waals surface area contributed by atoms with Gasteiger partial charge in [-0.25, -0.2) is 9.59 Å². The maximum atomic E-state index is 12.2. The highest BCUT2D eigenvalue weighted by molar-refractivity contribution is 5.92.